The minimum absolute atomic E-state index is 0.323. The van der Waals surface area contributed by atoms with Crippen LogP contribution in [0.1, 0.15) is 30.0 Å². The molecular formula is C17H21NO4. The molecule has 0 aliphatic heterocycles. The van der Waals surface area contributed by atoms with Crippen molar-refractivity contribution in [3.8, 4) is 11.3 Å². The molecule has 0 aliphatic rings. The van der Waals surface area contributed by atoms with E-state index in [9.17, 15) is 9.90 Å². The smallest absolute Gasteiger partial charge is 0.338 e. The largest absolute Gasteiger partial charge is 0.462 e. The van der Waals surface area contributed by atoms with Crippen molar-refractivity contribution >= 4 is 5.97 Å². The fourth-order valence-electron chi connectivity index (χ4n) is 2.02. The first kappa shape index (κ1) is 16.3. The van der Waals surface area contributed by atoms with Crippen LogP contribution in [-0.2, 0) is 11.3 Å². The van der Waals surface area contributed by atoms with E-state index in [4.69, 9.17) is 9.15 Å². The summed E-state index contributed by atoms with van der Waals surface area (Å²) in [4.78, 5) is 11.6. The van der Waals surface area contributed by atoms with E-state index in [0.717, 1.165) is 17.1 Å². The Morgan fingerprint density at radius 3 is 2.64 bits per heavy atom. The number of benzene rings is 1. The highest BCUT2D eigenvalue weighted by atomic mass is 16.5. The predicted octanol–water partition coefficient (Wildman–Crippen LogP) is 2.59. The van der Waals surface area contributed by atoms with Crippen molar-refractivity contribution in [2.75, 3.05) is 13.2 Å². The molecule has 0 fully saturated rings. The highest BCUT2D eigenvalue weighted by Crippen LogP contribution is 2.22. The van der Waals surface area contributed by atoms with Crippen LogP contribution in [-0.4, -0.2) is 30.3 Å². The molecule has 2 N–H and O–H groups in total. The average molecular weight is 303 g/mol. The maximum absolute atomic E-state index is 11.6. The third-order valence-corrected chi connectivity index (χ3v) is 3.08. The summed E-state index contributed by atoms with van der Waals surface area (Å²) in [6.45, 7) is 4.95. The van der Waals surface area contributed by atoms with Crippen LogP contribution in [0.5, 0.6) is 0 Å². The van der Waals surface area contributed by atoms with Crippen molar-refractivity contribution in [2.24, 2.45) is 0 Å². The standard InChI is InChI=1S/C17H21NO4/c1-3-21-17(20)14-6-4-13(5-7-14)16-9-8-15(22-16)11-18-10-12(2)19/h4-9,12,18-19H,3,10-11H2,1-2H3/t12-/m0/s1. The number of furan rings is 1. The molecule has 5 nitrogen and oxygen atoms in total. The molecule has 118 valence electrons. The molecule has 1 aromatic heterocycles. The van der Waals surface area contributed by atoms with Gasteiger partial charge in [-0.05, 0) is 38.1 Å². The third kappa shape index (κ3) is 4.44. The molecule has 2 rings (SSSR count). The second-order valence-corrected chi connectivity index (χ2v) is 5.04. The van der Waals surface area contributed by atoms with E-state index in [0.29, 0.717) is 25.3 Å². The Kier molecular flexibility index (Phi) is 5.75. The number of aliphatic hydroxyl groups excluding tert-OH is 1. The minimum atomic E-state index is -0.384. The first-order valence-electron chi connectivity index (χ1n) is 7.35. The summed E-state index contributed by atoms with van der Waals surface area (Å²) in [5, 5.41) is 12.3. The molecule has 0 unspecified atom stereocenters. The quantitative estimate of drug-likeness (QED) is 0.769. The Hall–Kier alpha value is -2.11. The zero-order valence-electron chi connectivity index (χ0n) is 12.8. The first-order chi connectivity index (χ1) is 10.6. The van der Waals surface area contributed by atoms with Crippen molar-refractivity contribution in [2.45, 2.75) is 26.5 Å². The summed E-state index contributed by atoms with van der Waals surface area (Å²) in [5.74, 6) is 1.21. The van der Waals surface area contributed by atoms with Gasteiger partial charge in [0.15, 0.2) is 0 Å². The number of esters is 1. The molecule has 1 atom stereocenters. The number of hydrogen-bond donors (Lipinski definition) is 2. The Morgan fingerprint density at radius 1 is 1.27 bits per heavy atom. The number of rotatable bonds is 7. The highest BCUT2D eigenvalue weighted by molar-refractivity contribution is 5.89. The monoisotopic (exact) mass is 303 g/mol. The van der Waals surface area contributed by atoms with Crippen LogP contribution in [0.2, 0.25) is 0 Å². The molecule has 0 aliphatic carbocycles. The molecule has 2 aromatic rings. The van der Waals surface area contributed by atoms with Gasteiger partial charge < -0.3 is 19.6 Å². The van der Waals surface area contributed by atoms with E-state index in [-0.39, 0.29) is 12.1 Å². The Labute approximate surface area is 129 Å². The lowest BCUT2D eigenvalue weighted by Gasteiger charge is -2.05. The maximum atomic E-state index is 11.6. The van der Waals surface area contributed by atoms with Crippen molar-refractivity contribution < 1.29 is 19.1 Å². The van der Waals surface area contributed by atoms with Crippen LogP contribution in [0.4, 0.5) is 0 Å². The summed E-state index contributed by atoms with van der Waals surface area (Å²) in [5.41, 5.74) is 1.42. The normalized spacial score (nSPS) is 12.1. The molecule has 5 heteroatoms. The molecule has 0 bridgehead atoms. The summed E-state index contributed by atoms with van der Waals surface area (Å²) in [7, 11) is 0. The molecule has 0 saturated carbocycles. The minimum Gasteiger partial charge on any atom is -0.462 e. The number of ether oxygens (including phenoxy) is 1. The topological polar surface area (TPSA) is 71.7 Å². The molecule has 1 aromatic carbocycles. The van der Waals surface area contributed by atoms with Gasteiger partial charge in [0.25, 0.3) is 0 Å². The van der Waals surface area contributed by atoms with Gasteiger partial charge in [-0.2, -0.15) is 0 Å². The van der Waals surface area contributed by atoms with Gasteiger partial charge in [0, 0.05) is 12.1 Å². The average Bonchev–Trinajstić information content (AvgIpc) is 2.96. The zero-order chi connectivity index (χ0) is 15.9. The lowest BCUT2D eigenvalue weighted by molar-refractivity contribution is 0.0526. The molecule has 0 spiro atoms. The van der Waals surface area contributed by atoms with Crippen LogP contribution < -0.4 is 5.32 Å². The van der Waals surface area contributed by atoms with Crippen LogP contribution in [0.15, 0.2) is 40.8 Å². The van der Waals surface area contributed by atoms with Gasteiger partial charge in [0.2, 0.25) is 0 Å². The Morgan fingerprint density at radius 2 is 2.00 bits per heavy atom. The maximum Gasteiger partial charge on any atom is 0.338 e. The number of hydrogen-bond acceptors (Lipinski definition) is 5. The molecule has 0 saturated heterocycles. The van der Waals surface area contributed by atoms with Gasteiger partial charge in [0.1, 0.15) is 11.5 Å². The molecule has 0 amide bonds. The van der Waals surface area contributed by atoms with E-state index in [1.165, 1.54) is 0 Å². The fraction of sp³-hybridized carbons (Fsp3) is 0.353. The number of carbonyl (C=O) groups excluding carboxylic acids is 1. The van der Waals surface area contributed by atoms with E-state index >= 15 is 0 Å². The van der Waals surface area contributed by atoms with E-state index < -0.39 is 0 Å². The van der Waals surface area contributed by atoms with Crippen molar-refractivity contribution in [1.82, 2.24) is 5.32 Å². The lowest BCUT2D eigenvalue weighted by atomic mass is 10.1. The molecular weight excluding hydrogens is 282 g/mol. The summed E-state index contributed by atoms with van der Waals surface area (Å²) >= 11 is 0. The van der Waals surface area contributed by atoms with E-state index in [2.05, 4.69) is 5.32 Å². The third-order valence-electron chi connectivity index (χ3n) is 3.08. The fourth-order valence-corrected chi connectivity index (χ4v) is 2.02. The van der Waals surface area contributed by atoms with E-state index in [1.807, 2.05) is 24.3 Å². The van der Waals surface area contributed by atoms with Crippen molar-refractivity contribution in [3.05, 3.63) is 47.7 Å². The summed E-state index contributed by atoms with van der Waals surface area (Å²) in [6, 6.07) is 10.9. The first-order valence-corrected chi connectivity index (χ1v) is 7.35. The van der Waals surface area contributed by atoms with Crippen molar-refractivity contribution in [1.29, 1.82) is 0 Å². The second kappa shape index (κ2) is 7.77. The second-order valence-electron chi connectivity index (χ2n) is 5.04. The van der Waals surface area contributed by atoms with Gasteiger partial charge in [0.05, 0.1) is 24.8 Å². The Bertz CT molecular complexity index is 601. The lowest BCUT2D eigenvalue weighted by Crippen LogP contribution is -2.23. The Balaban J connectivity index is 2.00. The van der Waals surface area contributed by atoms with Gasteiger partial charge in [-0.15, -0.1) is 0 Å². The van der Waals surface area contributed by atoms with Crippen LogP contribution in [0.3, 0.4) is 0 Å². The van der Waals surface area contributed by atoms with Gasteiger partial charge in [-0.3, -0.25) is 0 Å². The van der Waals surface area contributed by atoms with E-state index in [1.54, 1.807) is 26.0 Å². The molecule has 1 heterocycles. The van der Waals surface area contributed by atoms with Gasteiger partial charge >= 0.3 is 5.97 Å². The predicted molar refractivity (Wildman–Crippen MR) is 83.5 cm³/mol. The van der Waals surface area contributed by atoms with Crippen LogP contribution >= 0.6 is 0 Å². The van der Waals surface area contributed by atoms with Crippen LogP contribution in [0, 0.1) is 0 Å². The van der Waals surface area contributed by atoms with Gasteiger partial charge in [-0.1, -0.05) is 12.1 Å². The SMILES string of the molecule is CCOC(=O)c1ccc(-c2ccc(CNC[C@H](C)O)o2)cc1. The van der Waals surface area contributed by atoms with Crippen LogP contribution in [0.25, 0.3) is 11.3 Å². The number of nitrogens with one attached hydrogen (secondary N) is 1. The molecule has 0 radical (unpaired) electrons. The summed E-state index contributed by atoms with van der Waals surface area (Å²) in [6.07, 6.45) is -0.384. The molecule has 22 heavy (non-hydrogen) atoms. The zero-order valence-corrected chi connectivity index (χ0v) is 12.8. The number of aliphatic hydroxyl groups is 1. The van der Waals surface area contributed by atoms with Crippen molar-refractivity contribution in [3.63, 3.8) is 0 Å². The summed E-state index contributed by atoms with van der Waals surface area (Å²) < 4.78 is 10.7. The number of carbonyl (C=O) groups is 1. The van der Waals surface area contributed by atoms with Gasteiger partial charge in [-0.25, -0.2) is 4.79 Å². The highest BCUT2D eigenvalue weighted by Gasteiger charge is 2.09.